The molecule has 3 aromatic carbocycles. The molecule has 4 nitrogen and oxygen atoms in total. The van der Waals surface area contributed by atoms with Gasteiger partial charge in [-0.2, -0.15) is 0 Å². The first-order chi connectivity index (χ1) is 16.5. The monoisotopic (exact) mass is 504 g/mol. The zero-order chi connectivity index (χ0) is 23.7. The van der Waals surface area contributed by atoms with E-state index in [9.17, 15) is 4.79 Å². The number of carbonyl (C=O) groups is 1. The number of rotatable bonds is 6. The van der Waals surface area contributed by atoms with Crippen molar-refractivity contribution in [2.45, 2.75) is 13.5 Å². The average Bonchev–Trinajstić information content (AvgIpc) is 3.32. The third kappa shape index (κ3) is 4.49. The number of thioether (sulfide) groups is 1. The molecule has 1 amide bonds. The van der Waals surface area contributed by atoms with E-state index >= 15 is 0 Å². The van der Waals surface area contributed by atoms with Crippen molar-refractivity contribution in [3.8, 4) is 5.75 Å². The highest BCUT2D eigenvalue weighted by Crippen LogP contribution is 2.37. The summed E-state index contributed by atoms with van der Waals surface area (Å²) < 4.78 is 8.70. The fourth-order valence-electron chi connectivity index (χ4n) is 4.01. The van der Waals surface area contributed by atoms with Crippen LogP contribution in [0.3, 0.4) is 0 Å². The molecule has 1 aliphatic rings. The number of halogens is 1. The van der Waals surface area contributed by atoms with Crippen molar-refractivity contribution in [2.75, 3.05) is 11.5 Å². The first-order valence-electron chi connectivity index (χ1n) is 10.8. The maximum Gasteiger partial charge on any atom is 0.270 e. The number of hydrogen-bond acceptors (Lipinski definition) is 4. The number of carbonyl (C=O) groups excluding carboxylic acids is 1. The molecule has 0 unspecified atom stereocenters. The molecule has 1 fully saturated rings. The number of hydrogen-bond donors (Lipinski definition) is 0. The quantitative estimate of drug-likeness (QED) is 0.207. The Morgan fingerprint density at radius 2 is 1.82 bits per heavy atom. The van der Waals surface area contributed by atoms with Gasteiger partial charge in [0.15, 0.2) is 4.32 Å². The van der Waals surface area contributed by atoms with Gasteiger partial charge in [-0.1, -0.05) is 72.0 Å². The molecular weight excluding hydrogens is 484 g/mol. The average molecular weight is 505 g/mol. The summed E-state index contributed by atoms with van der Waals surface area (Å²) >= 11 is 12.9. The predicted molar refractivity (Wildman–Crippen MR) is 146 cm³/mol. The summed E-state index contributed by atoms with van der Waals surface area (Å²) in [5.74, 6) is 0.727. The van der Waals surface area contributed by atoms with E-state index in [1.165, 1.54) is 11.8 Å². The Morgan fingerprint density at radius 3 is 2.62 bits per heavy atom. The molecule has 0 bridgehead atoms. The number of benzene rings is 3. The van der Waals surface area contributed by atoms with Crippen molar-refractivity contribution in [2.24, 2.45) is 0 Å². The Labute approximate surface area is 212 Å². The van der Waals surface area contributed by atoms with Crippen molar-refractivity contribution in [3.63, 3.8) is 0 Å². The van der Waals surface area contributed by atoms with E-state index in [1.54, 1.807) is 4.90 Å². The highest BCUT2D eigenvalue weighted by atomic mass is 35.5. The van der Waals surface area contributed by atoms with Crippen molar-refractivity contribution < 1.29 is 9.53 Å². The standard InChI is InChI=1S/C27H21ClN2O2S2/c1-18-15-20(28)11-12-24(18)32-14-13-29-17-19(22-9-5-6-10-23(22)29)16-25-26(31)30(27(33)34-25)21-7-3-2-4-8-21/h2-12,15-17H,13-14H2,1H3/b25-16-. The van der Waals surface area contributed by atoms with Gasteiger partial charge in [0.1, 0.15) is 12.4 Å². The molecule has 1 aliphatic heterocycles. The van der Waals surface area contributed by atoms with Crippen molar-refractivity contribution in [1.82, 2.24) is 4.57 Å². The van der Waals surface area contributed by atoms with E-state index in [1.807, 2.05) is 73.7 Å². The van der Waals surface area contributed by atoms with E-state index in [4.69, 9.17) is 28.6 Å². The van der Waals surface area contributed by atoms with Crippen LogP contribution in [-0.4, -0.2) is 21.4 Å². The minimum atomic E-state index is -0.0976. The lowest BCUT2D eigenvalue weighted by molar-refractivity contribution is -0.113. The second-order valence-corrected chi connectivity index (χ2v) is 10.0. The lowest BCUT2D eigenvalue weighted by Crippen LogP contribution is -2.27. The largest absolute Gasteiger partial charge is 0.491 e. The fraction of sp³-hybridized carbons (Fsp3) is 0.111. The molecule has 5 rings (SSSR count). The Kier molecular flexibility index (Phi) is 6.46. The molecule has 0 N–H and O–H groups in total. The molecule has 34 heavy (non-hydrogen) atoms. The second-order valence-electron chi connectivity index (χ2n) is 7.91. The van der Waals surface area contributed by atoms with Crippen LogP contribution in [0.1, 0.15) is 11.1 Å². The third-order valence-electron chi connectivity index (χ3n) is 5.64. The van der Waals surface area contributed by atoms with Crippen LogP contribution in [0.5, 0.6) is 5.75 Å². The minimum absolute atomic E-state index is 0.0976. The number of fused-ring (bicyclic) bond motifs is 1. The smallest absolute Gasteiger partial charge is 0.270 e. The van der Waals surface area contributed by atoms with E-state index < -0.39 is 0 Å². The van der Waals surface area contributed by atoms with E-state index in [0.29, 0.717) is 27.4 Å². The molecule has 0 atom stereocenters. The molecule has 2 heterocycles. The molecule has 0 radical (unpaired) electrons. The molecule has 1 saturated heterocycles. The molecule has 1 aromatic heterocycles. The summed E-state index contributed by atoms with van der Waals surface area (Å²) in [6, 6.07) is 23.3. The summed E-state index contributed by atoms with van der Waals surface area (Å²) in [5.41, 5.74) is 3.85. The normalized spacial score (nSPS) is 15.0. The number of amides is 1. The van der Waals surface area contributed by atoms with Crippen LogP contribution < -0.4 is 9.64 Å². The summed E-state index contributed by atoms with van der Waals surface area (Å²) in [6.07, 6.45) is 4.00. The van der Waals surface area contributed by atoms with E-state index in [-0.39, 0.29) is 5.91 Å². The minimum Gasteiger partial charge on any atom is -0.491 e. The molecule has 0 spiro atoms. The molecule has 170 valence electrons. The zero-order valence-corrected chi connectivity index (χ0v) is 20.8. The molecule has 0 aliphatic carbocycles. The summed E-state index contributed by atoms with van der Waals surface area (Å²) in [7, 11) is 0. The van der Waals surface area contributed by atoms with Gasteiger partial charge in [-0.05, 0) is 55.0 Å². The van der Waals surface area contributed by atoms with Crippen LogP contribution in [0, 0.1) is 6.92 Å². The number of thiocarbonyl (C=S) groups is 1. The summed E-state index contributed by atoms with van der Waals surface area (Å²) in [4.78, 5) is 15.4. The van der Waals surface area contributed by atoms with Crippen molar-refractivity contribution in [1.29, 1.82) is 0 Å². The van der Waals surface area contributed by atoms with Crippen LogP contribution >= 0.6 is 35.6 Å². The van der Waals surface area contributed by atoms with Crippen molar-refractivity contribution >= 4 is 68.5 Å². The topological polar surface area (TPSA) is 34.5 Å². The maximum atomic E-state index is 13.2. The van der Waals surface area contributed by atoms with E-state index in [2.05, 4.69) is 22.9 Å². The highest BCUT2D eigenvalue weighted by molar-refractivity contribution is 8.27. The lowest BCUT2D eigenvalue weighted by atomic mass is 10.1. The highest BCUT2D eigenvalue weighted by Gasteiger charge is 2.33. The molecule has 7 heteroatoms. The Hall–Kier alpha value is -3.06. The Morgan fingerprint density at radius 1 is 1.06 bits per heavy atom. The Balaban J connectivity index is 1.40. The molecule has 4 aromatic rings. The van der Waals surface area contributed by atoms with E-state index in [0.717, 1.165) is 33.5 Å². The number of aromatic nitrogens is 1. The van der Waals surface area contributed by atoms with Gasteiger partial charge >= 0.3 is 0 Å². The van der Waals surface area contributed by atoms with Gasteiger partial charge < -0.3 is 9.30 Å². The molecular formula is C27H21ClN2O2S2. The van der Waals surface area contributed by atoms with Gasteiger partial charge in [-0.3, -0.25) is 9.69 Å². The number of aryl methyl sites for hydroxylation is 1. The molecule has 0 saturated carbocycles. The fourth-order valence-corrected chi connectivity index (χ4v) is 5.53. The number of para-hydroxylation sites is 2. The van der Waals surface area contributed by atoms with Gasteiger partial charge in [-0.15, -0.1) is 0 Å². The number of nitrogens with zero attached hydrogens (tertiary/aromatic N) is 2. The van der Waals surface area contributed by atoms with Crippen LogP contribution in [-0.2, 0) is 11.3 Å². The summed E-state index contributed by atoms with van der Waals surface area (Å²) in [5, 5.41) is 1.78. The maximum absolute atomic E-state index is 13.2. The van der Waals surface area contributed by atoms with Gasteiger partial charge in [0.25, 0.3) is 5.91 Å². The predicted octanol–water partition coefficient (Wildman–Crippen LogP) is 7.09. The van der Waals surface area contributed by atoms with Gasteiger partial charge in [0.05, 0.1) is 17.1 Å². The Bertz CT molecular complexity index is 1430. The number of anilines is 1. The second kappa shape index (κ2) is 9.66. The third-order valence-corrected chi connectivity index (χ3v) is 7.18. The summed E-state index contributed by atoms with van der Waals surface area (Å²) in [6.45, 7) is 3.16. The first kappa shape index (κ1) is 22.7. The van der Waals surface area contributed by atoms with Gasteiger partial charge in [0, 0.05) is 27.7 Å². The van der Waals surface area contributed by atoms with Crippen LogP contribution in [0.4, 0.5) is 5.69 Å². The van der Waals surface area contributed by atoms with Gasteiger partial charge in [-0.25, -0.2) is 0 Å². The van der Waals surface area contributed by atoms with Crippen LogP contribution in [0.25, 0.3) is 17.0 Å². The lowest BCUT2D eigenvalue weighted by Gasteiger charge is -2.13. The number of ether oxygens (including phenoxy) is 1. The van der Waals surface area contributed by atoms with Gasteiger partial charge in [0.2, 0.25) is 0 Å². The van der Waals surface area contributed by atoms with Crippen LogP contribution in [0.2, 0.25) is 5.02 Å². The first-order valence-corrected chi connectivity index (χ1v) is 12.4. The van der Waals surface area contributed by atoms with Crippen LogP contribution in [0.15, 0.2) is 83.9 Å². The van der Waals surface area contributed by atoms with Crippen molar-refractivity contribution in [3.05, 3.63) is 100 Å². The SMILES string of the molecule is Cc1cc(Cl)ccc1OCCn1cc(/C=C2\SC(=S)N(c3ccccc3)C2=O)c2ccccc21. The zero-order valence-electron chi connectivity index (χ0n) is 18.4.